The summed E-state index contributed by atoms with van der Waals surface area (Å²) in [4.78, 5) is 74.2. The number of carbonyl (C=O) groups excluding carboxylic acids is 5. The molecule has 3 N–H and O–H groups in total. The molecule has 3 aliphatic heterocycles. The van der Waals surface area contributed by atoms with Crippen LogP contribution in [0.1, 0.15) is 82.8 Å². The zero-order chi connectivity index (χ0) is 35.6. The predicted molar refractivity (Wildman–Crippen MR) is 189 cm³/mol. The van der Waals surface area contributed by atoms with Gasteiger partial charge in [-0.25, -0.2) is 4.79 Å². The number of hydrogen-bond donors (Lipinski definition) is 2. The van der Waals surface area contributed by atoms with E-state index in [1.54, 1.807) is 9.80 Å². The van der Waals surface area contributed by atoms with Gasteiger partial charge in [-0.3, -0.25) is 19.2 Å². The maximum absolute atomic E-state index is 14.2. The van der Waals surface area contributed by atoms with Crippen molar-refractivity contribution in [3.05, 3.63) is 71.8 Å². The van der Waals surface area contributed by atoms with Gasteiger partial charge >= 0.3 is 5.97 Å². The fourth-order valence-electron chi connectivity index (χ4n) is 7.42. The summed E-state index contributed by atoms with van der Waals surface area (Å²) in [5.74, 6) is -1.69. The lowest BCUT2D eigenvalue weighted by molar-refractivity contribution is -0.156. The Morgan fingerprint density at radius 3 is 1.96 bits per heavy atom. The van der Waals surface area contributed by atoms with E-state index in [0.29, 0.717) is 45.3 Å². The summed E-state index contributed by atoms with van der Waals surface area (Å²) in [5, 5.41) is 3.02. The van der Waals surface area contributed by atoms with Crippen LogP contribution in [0.4, 0.5) is 0 Å². The first-order chi connectivity index (χ1) is 24.2. The molecule has 0 aliphatic carbocycles. The normalized spacial score (nSPS) is 22.7. The average molecular weight is 688 g/mol. The Morgan fingerprint density at radius 1 is 0.740 bits per heavy atom. The van der Waals surface area contributed by atoms with Crippen molar-refractivity contribution in [2.24, 2.45) is 11.7 Å². The van der Waals surface area contributed by atoms with Gasteiger partial charge in [-0.05, 0) is 68.4 Å². The summed E-state index contributed by atoms with van der Waals surface area (Å²) in [7, 11) is 0. The molecule has 5 rings (SSSR count). The van der Waals surface area contributed by atoms with Gasteiger partial charge in [0.25, 0.3) is 0 Å². The van der Waals surface area contributed by atoms with E-state index >= 15 is 0 Å². The highest BCUT2D eigenvalue weighted by molar-refractivity contribution is 5.96. The Morgan fingerprint density at radius 2 is 1.30 bits per heavy atom. The maximum Gasteiger partial charge on any atom is 0.329 e. The summed E-state index contributed by atoms with van der Waals surface area (Å²) in [6.45, 7) is 5.28. The van der Waals surface area contributed by atoms with E-state index in [2.05, 4.69) is 5.32 Å². The fourth-order valence-corrected chi connectivity index (χ4v) is 7.42. The first-order valence-corrected chi connectivity index (χ1v) is 18.4. The Hall–Kier alpha value is -4.25. The smallest absolute Gasteiger partial charge is 0.329 e. The molecule has 1 unspecified atom stereocenters. The van der Waals surface area contributed by atoms with Crippen LogP contribution < -0.4 is 11.1 Å². The van der Waals surface area contributed by atoms with E-state index in [1.807, 2.05) is 74.5 Å². The lowest BCUT2D eigenvalue weighted by atomic mass is 9.93. The Labute approximate surface area is 295 Å². The van der Waals surface area contributed by atoms with Gasteiger partial charge in [-0.1, -0.05) is 80.9 Å². The molecule has 0 spiro atoms. The van der Waals surface area contributed by atoms with Crippen molar-refractivity contribution >= 4 is 29.6 Å². The fraction of sp³-hybridized carbons (Fsp3) is 0.564. The molecule has 3 heterocycles. The zero-order valence-corrected chi connectivity index (χ0v) is 29.5. The Balaban J connectivity index is 1.32. The van der Waals surface area contributed by atoms with Crippen molar-refractivity contribution in [1.29, 1.82) is 0 Å². The van der Waals surface area contributed by atoms with Gasteiger partial charge in [0.05, 0.1) is 6.04 Å². The second-order valence-corrected chi connectivity index (χ2v) is 14.0. The van der Waals surface area contributed by atoms with Crippen LogP contribution in [0, 0.1) is 5.92 Å². The standard InChI is InChI=1S/C39H53N5O6/c1-3-27(2)34(40)38(48)43-23-13-11-20-32(43)37(47)42-22-12-10-19-31(42)35(45)41-30(25-28-15-6-4-7-16-28)36(46)44-24-14-21-33(44)39(49)50-26-29-17-8-5-9-18-29/h4-9,15-18,27,30-34H,3,10-14,19-26,40H2,1-2H3,(H,41,45)/t27?,30-,31+,32-,33+,34+/m1/s1. The average Bonchev–Trinajstić information content (AvgIpc) is 3.66. The third-order valence-corrected chi connectivity index (χ3v) is 10.6. The van der Waals surface area contributed by atoms with Gasteiger partial charge < -0.3 is 30.5 Å². The van der Waals surface area contributed by atoms with E-state index in [0.717, 1.165) is 43.2 Å². The minimum Gasteiger partial charge on any atom is -0.459 e. The lowest BCUT2D eigenvalue weighted by Gasteiger charge is -2.42. The molecule has 0 aromatic heterocycles. The topological polar surface area (TPSA) is 142 Å². The maximum atomic E-state index is 14.2. The summed E-state index contributed by atoms with van der Waals surface area (Å²) in [6.07, 6.45) is 6.19. The second kappa shape index (κ2) is 17.6. The van der Waals surface area contributed by atoms with Crippen LogP contribution in [-0.2, 0) is 41.7 Å². The summed E-state index contributed by atoms with van der Waals surface area (Å²) in [6, 6.07) is 15.0. The van der Waals surface area contributed by atoms with E-state index in [1.165, 1.54) is 4.90 Å². The molecule has 3 saturated heterocycles. The number of ether oxygens (including phenoxy) is 1. The second-order valence-electron chi connectivity index (χ2n) is 14.0. The van der Waals surface area contributed by atoms with Crippen LogP contribution in [0.5, 0.6) is 0 Å². The van der Waals surface area contributed by atoms with Crippen molar-refractivity contribution in [1.82, 2.24) is 20.0 Å². The number of rotatable bonds is 12. The van der Waals surface area contributed by atoms with E-state index < -0.39 is 42.1 Å². The predicted octanol–water partition coefficient (Wildman–Crippen LogP) is 3.58. The number of esters is 1. The van der Waals surface area contributed by atoms with Gasteiger partial charge in [-0.2, -0.15) is 0 Å². The summed E-state index contributed by atoms with van der Waals surface area (Å²) >= 11 is 0. The van der Waals surface area contributed by atoms with Crippen LogP contribution in [0.15, 0.2) is 60.7 Å². The monoisotopic (exact) mass is 687 g/mol. The molecule has 11 heteroatoms. The number of nitrogens with zero attached hydrogens (tertiary/aromatic N) is 3. The zero-order valence-electron chi connectivity index (χ0n) is 29.5. The number of hydrogen-bond acceptors (Lipinski definition) is 7. The van der Waals surface area contributed by atoms with E-state index in [9.17, 15) is 24.0 Å². The number of nitrogens with one attached hydrogen (secondary N) is 1. The lowest BCUT2D eigenvalue weighted by Crippen LogP contribution is -2.62. The number of benzene rings is 2. The third kappa shape index (κ3) is 8.91. The molecular weight excluding hydrogens is 634 g/mol. The molecule has 50 heavy (non-hydrogen) atoms. The largest absolute Gasteiger partial charge is 0.459 e. The third-order valence-electron chi connectivity index (χ3n) is 10.6. The Kier molecular flexibility index (Phi) is 13.0. The molecule has 2 aromatic rings. The Bertz CT molecular complexity index is 1470. The minimum atomic E-state index is -0.951. The first-order valence-electron chi connectivity index (χ1n) is 18.4. The van der Waals surface area contributed by atoms with Crippen LogP contribution in [-0.4, -0.2) is 94.1 Å². The van der Waals surface area contributed by atoms with Gasteiger partial charge in [0, 0.05) is 26.1 Å². The van der Waals surface area contributed by atoms with Crippen molar-refractivity contribution < 1.29 is 28.7 Å². The molecule has 270 valence electrons. The van der Waals surface area contributed by atoms with Crippen molar-refractivity contribution in [2.75, 3.05) is 19.6 Å². The molecule has 0 bridgehead atoms. The van der Waals surface area contributed by atoms with E-state index in [4.69, 9.17) is 10.5 Å². The van der Waals surface area contributed by atoms with Gasteiger partial charge in [0.15, 0.2) is 0 Å². The van der Waals surface area contributed by atoms with Crippen molar-refractivity contribution in [3.8, 4) is 0 Å². The number of piperidine rings is 2. The minimum absolute atomic E-state index is 0.0197. The molecular formula is C39H53N5O6. The van der Waals surface area contributed by atoms with Gasteiger partial charge in [-0.15, -0.1) is 0 Å². The molecule has 0 radical (unpaired) electrons. The van der Waals surface area contributed by atoms with Crippen LogP contribution >= 0.6 is 0 Å². The number of likely N-dealkylation sites (tertiary alicyclic amines) is 3. The van der Waals surface area contributed by atoms with Crippen LogP contribution in [0.2, 0.25) is 0 Å². The quantitative estimate of drug-likeness (QED) is 0.325. The molecule has 11 nitrogen and oxygen atoms in total. The highest BCUT2D eigenvalue weighted by Gasteiger charge is 2.43. The highest BCUT2D eigenvalue weighted by Crippen LogP contribution is 2.27. The van der Waals surface area contributed by atoms with Crippen molar-refractivity contribution in [3.63, 3.8) is 0 Å². The molecule has 3 fully saturated rings. The molecule has 4 amide bonds. The summed E-state index contributed by atoms with van der Waals surface area (Å²) in [5.41, 5.74) is 8.06. The number of nitrogens with two attached hydrogens (primary N) is 1. The van der Waals surface area contributed by atoms with Crippen molar-refractivity contribution in [2.45, 2.75) is 115 Å². The SMILES string of the molecule is CCC(C)[C@H](N)C(=O)N1CCCC[C@@H]1C(=O)N1CCCC[C@H]1C(=O)N[C@H](Cc1ccccc1)C(=O)N1CCC[C@H]1C(=O)OCc1ccccc1. The molecule has 0 saturated carbocycles. The summed E-state index contributed by atoms with van der Waals surface area (Å²) < 4.78 is 5.62. The van der Waals surface area contributed by atoms with Gasteiger partial charge in [0.1, 0.15) is 30.8 Å². The molecule has 3 aliphatic rings. The molecule has 2 aromatic carbocycles. The number of amides is 4. The highest BCUT2D eigenvalue weighted by atomic mass is 16.5. The number of carbonyl (C=O) groups is 5. The van der Waals surface area contributed by atoms with Crippen LogP contribution in [0.3, 0.4) is 0 Å². The van der Waals surface area contributed by atoms with E-state index in [-0.39, 0.29) is 36.7 Å². The molecule has 6 atom stereocenters. The van der Waals surface area contributed by atoms with Crippen LogP contribution in [0.25, 0.3) is 0 Å². The first kappa shape index (κ1) is 37.0. The van der Waals surface area contributed by atoms with Gasteiger partial charge in [0.2, 0.25) is 23.6 Å².